The second-order valence-electron chi connectivity index (χ2n) is 7.95. The van der Waals surface area contributed by atoms with Crippen LogP contribution in [0, 0.1) is 12.7 Å². The van der Waals surface area contributed by atoms with Gasteiger partial charge in [-0.15, -0.1) is 0 Å². The van der Waals surface area contributed by atoms with Gasteiger partial charge in [-0.2, -0.15) is 28.2 Å². The molecule has 35 heavy (non-hydrogen) atoms. The Bertz CT molecular complexity index is 1400. The molecule has 0 radical (unpaired) electrons. The second-order valence-corrected chi connectivity index (χ2v) is 7.95. The number of benzene rings is 1. The van der Waals surface area contributed by atoms with Gasteiger partial charge >= 0.3 is 12.2 Å². The number of nitrogens with zero attached hydrogens (tertiary/aromatic N) is 4. The largest absolute Gasteiger partial charge is 0.474 e. The predicted octanol–water partition coefficient (Wildman–Crippen LogP) is 4.23. The minimum Gasteiger partial charge on any atom is -0.474 e. The zero-order valence-electron chi connectivity index (χ0n) is 19.2. The van der Waals surface area contributed by atoms with Gasteiger partial charge in [0.05, 0.1) is 37.1 Å². The highest BCUT2D eigenvalue weighted by atomic mass is 19.4. The summed E-state index contributed by atoms with van der Waals surface area (Å²) in [5.41, 5.74) is -2.36. The van der Waals surface area contributed by atoms with E-state index in [0.29, 0.717) is 0 Å². The van der Waals surface area contributed by atoms with Crippen molar-refractivity contribution in [2.24, 2.45) is 0 Å². The fourth-order valence-corrected chi connectivity index (χ4v) is 3.83. The monoisotopic (exact) mass is 494 g/mol. The van der Waals surface area contributed by atoms with Crippen molar-refractivity contribution in [2.45, 2.75) is 33.1 Å². The first-order valence-corrected chi connectivity index (χ1v) is 10.6. The number of aromatic amines is 1. The van der Waals surface area contributed by atoms with Crippen molar-refractivity contribution in [2.75, 3.05) is 25.6 Å². The van der Waals surface area contributed by atoms with Crippen LogP contribution in [0.2, 0.25) is 0 Å². The quantitative estimate of drug-likeness (QED) is 0.327. The van der Waals surface area contributed by atoms with Crippen LogP contribution in [0.5, 0.6) is 11.9 Å². The van der Waals surface area contributed by atoms with Gasteiger partial charge < -0.3 is 19.9 Å². The van der Waals surface area contributed by atoms with Crippen LogP contribution in [0.25, 0.3) is 33.1 Å². The van der Waals surface area contributed by atoms with E-state index in [0.717, 1.165) is 0 Å². The van der Waals surface area contributed by atoms with Crippen molar-refractivity contribution in [1.29, 1.82) is 0 Å². The van der Waals surface area contributed by atoms with E-state index >= 15 is 4.39 Å². The summed E-state index contributed by atoms with van der Waals surface area (Å²) in [6, 6.07) is 1.06. The van der Waals surface area contributed by atoms with Crippen molar-refractivity contribution < 1.29 is 32.1 Å². The third kappa shape index (κ3) is 4.38. The fraction of sp³-hybridized carbons (Fsp3) is 0.364. The van der Waals surface area contributed by atoms with Gasteiger partial charge in [0.25, 0.3) is 0 Å². The lowest BCUT2D eigenvalue weighted by Gasteiger charge is -2.20. The number of H-pyrrole nitrogens is 1. The van der Waals surface area contributed by atoms with Gasteiger partial charge in [-0.25, -0.2) is 9.37 Å². The summed E-state index contributed by atoms with van der Waals surface area (Å²) in [5, 5.41) is 18.5. The van der Waals surface area contributed by atoms with Crippen LogP contribution >= 0.6 is 0 Å². The Morgan fingerprint density at radius 2 is 1.94 bits per heavy atom. The Morgan fingerprint density at radius 3 is 2.57 bits per heavy atom. The van der Waals surface area contributed by atoms with Gasteiger partial charge in [-0.05, 0) is 32.4 Å². The van der Waals surface area contributed by atoms with E-state index in [2.05, 4.69) is 30.5 Å². The molecule has 0 amide bonds. The summed E-state index contributed by atoms with van der Waals surface area (Å²) in [4.78, 5) is 12.4. The van der Waals surface area contributed by atoms with Crippen molar-refractivity contribution >= 4 is 27.6 Å². The van der Waals surface area contributed by atoms with Crippen LogP contribution in [0.1, 0.15) is 25.0 Å². The fourth-order valence-electron chi connectivity index (χ4n) is 3.83. The maximum Gasteiger partial charge on any atom is 0.417 e. The zero-order chi connectivity index (χ0) is 25.5. The molecule has 13 heteroatoms. The molecule has 0 aliphatic carbocycles. The third-order valence-electron chi connectivity index (χ3n) is 5.13. The summed E-state index contributed by atoms with van der Waals surface area (Å²) >= 11 is 0. The molecule has 3 heterocycles. The molecule has 1 aromatic carbocycles. The summed E-state index contributed by atoms with van der Waals surface area (Å²) < 4.78 is 69.6. The number of aliphatic hydroxyl groups is 1. The summed E-state index contributed by atoms with van der Waals surface area (Å²) in [6.07, 6.45) is -4.10. The Balaban J connectivity index is 2.17. The number of nitrogens with one attached hydrogen (secondary N) is 2. The SMILES string of the molecule is COc1nc(NCCO)c2c(OC(C)C)nc(-c3c(C(F)(F)F)c(C)cc4[nH]ncc34)c(F)c2n1. The molecule has 0 fully saturated rings. The third-order valence-corrected chi connectivity index (χ3v) is 5.13. The van der Waals surface area contributed by atoms with E-state index in [1.807, 2.05) is 0 Å². The van der Waals surface area contributed by atoms with E-state index in [1.165, 1.54) is 26.3 Å². The van der Waals surface area contributed by atoms with Crippen molar-refractivity contribution in [3.05, 3.63) is 29.2 Å². The molecular formula is C22H22F4N6O3. The number of pyridine rings is 1. The van der Waals surface area contributed by atoms with Crippen LogP contribution in [-0.4, -0.2) is 56.6 Å². The van der Waals surface area contributed by atoms with Crippen LogP contribution < -0.4 is 14.8 Å². The lowest BCUT2D eigenvalue weighted by molar-refractivity contribution is -0.137. The maximum atomic E-state index is 16.1. The number of ether oxygens (including phenoxy) is 2. The molecule has 186 valence electrons. The summed E-state index contributed by atoms with van der Waals surface area (Å²) in [6.45, 7) is 4.43. The Morgan fingerprint density at radius 1 is 1.20 bits per heavy atom. The molecular weight excluding hydrogens is 472 g/mol. The number of aliphatic hydroxyl groups excluding tert-OH is 1. The molecule has 4 rings (SSSR count). The zero-order valence-corrected chi connectivity index (χ0v) is 19.2. The average molecular weight is 494 g/mol. The minimum atomic E-state index is -4.82. The number of aryl methyl sites for hydroxylation is 1. The van der Waals surface area contributed by atoms with Gasteiger partial charge in [-0.1, -0.05) is 0 Å². The second kappa shape index (κ2) is 9.13. The molecule has 0 bridgehead atoms. The Kier molecular flexibility index (Phi) is 6.36. The molecule has 0 unspecified atom stereocenters. The van der Waals surface area contributed by atoms with Crippen molar-refractivity contribution in [3.63, 3.8) is 0 Å². The first kappa shape index (κ1) is 24.4. The van der Waals surface area contributed by atoms with E-state index in [1.54, 1.807) is 13.8 Å². The topological polar surface area (TPSA) is 118 Å². The molecule has 9 nitrogen and oxygen atoms in total. The highest BCUT2D eigenvalue weighted by Crippen LogP contribution is 2.45. The minimum absolute atomic E-state index is 0.00107. The standard InChI is InChI=1S/C22H22F4N6O3/c1-9(2)35-20-14-18(30-21(34-4)31-19(14)27-5-6-33)16(23)17(29-20)13-11-8-28-32-12(11)7-10(3)15(13)22(24,25)26/h7-9,33H,5-6H2,1-4H3,(H,28,32)(H,27,30,31). The number of hydrogen-bond acceptors (Lipinski definition) is 8. The highest BCUT2D eigenvalue weighted by Gasteiger charge is 2.39. The smallest absolute Gasteiger partial charge is 0.417 e. The van der Waals surface area contributed by atoms with Gasteiger partial charge in [-0.3, -0.25) is 5.10 Å². The normalized spacial score (nSPS) is 12.1. The number of halogens is 4. The Labute approximate surface area is 196 Å². The van der Waals surface area contributed by atoms with E-state index in [4.69, 9.17) is 9.47 Å². The highest BCUT2D eigenvalue weighted by molar-refractivity contribution is 6.01. The predicted molar refractivity (Wildman–Crippen MR) is 120 cm³/mol. The lowest BCUT2D eigenvalue weighted by atomic mass is 9.94. The van der Waals surface area contributed by atoms with E-state index in [-0.39, 0.29) is 58.2 Å². The molecule has 0 aliphatic heterocycles. The Hall–Kier alpha value is -3.74. The number of alkyl halides is 3. The van der Waals surface area contributed by atoms with E-state index in [9.17, 15) is 18.3 Å². The number of hydrogen-bond donors (Lipinski definition) is 3. The van der Waals surface area contributed by atoms with Gasteiger partial charge in [0.1, 0.15) is 22.4 Å². The first-order valence-electron chi connectivity index (χ1n) is 10.6. The van der Waals surface area contributed by atoms with Crippen molar-refractivity contribution in [3.8, 4) is 23.1 Å². The van der Waals surface area contributed by atoms with E-state index < -0.39 is 34.9 Å². The van der Waals surface area contributed by atoms with Gasteiger partial charge in [0.2, 0.25) is 5.88 Å². The van der Waals surface area contributed by atoms with Crippen LogP contribution in [0.3, 0.4) is 0 Å². The molecule has 0 atom stereocenters. The van der Waals surface area contributed by atoms with Crippen LogP contribution in [-0.2, 0) is 6.18 Å². The maximum absolute atomic E-state index is 16.1. The summed E-state index contributed by atoms with van der Waals surface area (Å²) in [7, 11) is 1.26. The molecule has 4 aromatic rings. The molecule has 0 saturated heterocycles. The first-order chi connectivity index (χ1) is 16.6. The number of fused-ring (bicyclic) bond motifs is 2. The lowest BCUT2D eigenvalue weighted by Crippen LogP contribution is -2.15. The molecule has 0 spiro atoms. The number of rotatable bonds is 7. The molecule has 3 aromatic heterocycles. The van der Waals surface area contributed by atoms with Crippen LogP contribution in [0.4, 0.5) is 23.4 Å². The number of anilines is 1. The number of aromatic nitrogens is 5. The van der Waals surface area contributed by atoms with Gasteiger partial charge in [0, 0.05) is 17.5 Å². The average Bonchev–Trinajstić information content (AvgIpc) is 3.25. The van der Waals surface area contributed by atoms with Crippen molar-refractivity contribution in [1.82, 2.24) is 25.1 Å². The molecule has 3 N–H and O–H groups in total. The van der Waals surface area contributed by atoms with Crippen LogP contribution in [0.15, 0.2) is 12.3 Å². The number of methoxy groups -OCH3 is 1. The molecule has 0 aliphatic rings. The van der Waals surface area contributed by atoms with Gasteiger partial charge in [0.15, 0.2) is 5.82 Å². The molecule has 0 saturated carbocycles. The summed E-state index contributed by atoms with van der Waals surface area (Å²) in [5.74, 6) is -1.26.